The van der Waals surface area contributed by atoms with Crippen LogP contribution in [-0.2, 0) is 0 Å². The molecule has 0 aliphatic carbocycles. The molecule has 0 spiro atoms. The van der Waals surface area contributed by atoms with E-state index in [2.05, 4.69) is 26.2 Å². The first-order valence-electron chi connectivity index (χ1n) is 5.26. The molecule has 0 unspecified atom stereocenters. The topological polar surface area (TPSA) is 42.0 Å². The van der Waals surface area contributed by atoms with Crippen LogP contribution >= 0.6 is 27.5 Å². The maximum Gasteiger partial charge on any atom is 0.256 e. The molecule has 0 radical (unpaired) electrons. The van der Waals surface area contributed by atoms with E-state index in [9.17, 15) is 4.79 Å². The van der Waals surface area contributed by atoms with E-state index in [1.165, 1.54) is 0 Å². The van der Waals surface area contributed by atoms with Gasteiger partial charge in [0.25, 0.3) is 5.91 Å². The molecule has 3 nitrogen and oxygen atoms in total. The average molecular weight is 326 g/mol. The Hall–Kier alpha value is -1.39. The Morgan fingerprint density at radius 2 is 2.17 bits per heavy atom. The number of carbonyl (C=O) groups excluding carboxylic acids is 1. The van der Waals surface area contributed by atoms with Gasteiger partial charge in [0.1, 0.15) is 5.82 Å². The Labute approximate surface area is 118 Å². The summed E-state index contributed by atoms with van der Waals surface area (Å²) in [5.74, 6) is 0.327. The number of aromatic nitrogens is 1. The van der Waals surface area contributed by atoms with Crippen LogP contribution in [0.2, 0.25) is 5.02 Å². The predicted molar refractivity (Wildman–Crippen MR) is 76.1 cm³/mol. The number of halogens is 2. The largest absolute Gasteiger partial charge is 0.306 e. The maximum atomic E-state index is 12.0. The number of nitrogens with one attached hydrogen (secondary N) is 1. The molecule has 1 heterocycles. The van der Waals surface area contributed by atoms with Gasteiger partial charge in [-0.05, 0) is 52.7 Å². The second-order valence-electron chi connectivity index (χ2n) is 3.75. The average Bonchev–Trinajstić information content (AvgIpc) is 2.35. The molecule has 5 heteroatoms. The van der Waals surface area contributed by atoms with Gasteiger partial charge in [-0.2, -0.15) is 0 Å². The Kier molecular flexibility index (Phi) is 3.99. The molecule has 1 aromatic carbocycles. The molecule has 0 fully saturated rings. The van der Waals surface area contributed by atoms with Crippen molar-refractivity contribution in [2.75, 3.05) is 5.32 Å². The predicted octanol–water partition coefficient (Wildman–Crippen LogP) is 4.06. The van der Waals surface area contributed by atoms with Crippen LogP contribution < -0.4 is 5.32 Å². The summed E-state index contributed by atoms with van der Waals surface area (Å²) in [5, 5.41) is 3.25. The van der Waals surface area contributed by atoms with Crippen LogP contribution in [0.5, 0.6) is 0 Å². The van der Waals surface area contributed by atoms with E-state index in [1.807, 2.05) is 19.1 Å². The highest BCUT2D eigenvalue weighted by Gasteiger charge is 2.09. The number of anilines is 1. The zero-order chi connectivity index (χ0) is 13.1. The number of hydrogen-bond acceptors (Lipinski definition) is 2. The lowest BCUT2D eigenvalue weighted by atomic mass is 10.2. The molecule has 0 aliphatic rings. The van der Waals surface area contributed by atoms with Crippen LogP contribution in [0.3, 0.4) is 0 Å². The molecule has 0 aliphatic heterocycles. The van der Waals surface area contributed by atoms with Gasteiger partial charge in [0.05, 0.1) is 5.02 Å². The first kappa shape index (κ1) is 13.1. The summed E-state index contributed by atoms with van der Waals surface area (Å²) < 4.78 is 0.759. The molecular formula is C13H10BrClN2O. The molecular weight excluding hydrogens is 316 g/mol. The van der Waals surface area contributed by atoms with Crippen LogP contribution in [0, 0.1) is 6.92 Å². The van der Waals surface area contributed by atoms with Crippen LogP contribution in [0.25, 0.3) is 0 Å². The Morgan fingerprint density at radius 1 is 1.39 bits per heavy atom. The van der Waals surface area contributed by atoms with Crippen LogP contribution in [0.4, 0.5) is 5.82 Å². The second-order valence-corrected chi connectivity index (χ2v) is 5.01. The zero-order valence-corrected chi connectivity index (χ0v) is 11.9. The van der Waals surface area contributed by atoms with Crippen molar-refractivity contribution in [3.8, 4) is 0 Å². The maximum absolute atomic E-state index is 12.0. The molecule has 0 atom stereocenters. The quantitative estimate of drug-likeness (QED) is 0.905. The number of aryl methyl sites for hydroxylation is 1. The van der Waals surface area contributed by atoms with E-state index in [0.717, 1.165) is 10.0 Å². The number of benzene rings is 1. The van der Waals surface area contributed by atoms with E-state index < -0.39 is 0 Å². The van der Waals surface area contributed by atoms with E-state index in [4.69, 9.17) is 11.6 Å². The number of hydrogen-bond donors (Lipinski definition) is 1. The van der Waals surface area contributed by atoms with Crippen molar-refractivity contribution in [3.05, 3.63) is 57.2 Å². The van der Waals surface area contributed by atoms with Crippen LogP contribution in [-0.4, -0.2) is 10.9 Å². The third-order valence-corrected chi connectivity index (χ3v) is 3.66. The number of amides is 1. The minimum absolute atomic E-state index is 0.230. The summed E-state index contributed by atoms with van der Waals surface area (Å²) in [7, 11) is 0. The molecule has 1 amide bonds. The smallest absolute Gasteiger partial charge is 0.256 e. The normalized spacial score (nSPS) is 10.2. The summed E-state index contributed by atoms with van der Waals surface area (Å²) in [6.07, 6.45) is 1.64. The minimum atomic E-state index is -0.230. The SMILES string of the molecule is Cc1cccnc1NC(=O)c1ccc(Br)c(Cl)c1. The van der Waals surface area contributed by atoms with Crippen LogP contribution in [0.15, 0.2) is 41.0 Å². The third kappa shape index (κ3) is 2.89. The van der Waals surface area contributed by atoms with Gasteiger partial charge < -0.3 is 5.32 Å². The van der Waals surface area contributed by atoms with Crippen molar-refractivity contribution in [1.82, 2.24) is 4.98 Å². The summed E-state index contributed by atoms with van der Waals surface area (Å²) in [5.41, 5.74) is 1.40. The molecule has 2 aromatic rings. The molecule has 0 bridgehead atoms. The number of nitrogens with zero attached hydrogens (tertiary/aromatic N) is 1. The van der Waals surface area contributed by atoms with Gasteiger partial charge in [-0.25, -0.2) is 4.98 Å². The lowest BCUT2D eigenvalue weighted by molar-refractivity contribution is 0.102. The monoisotopic (exact) mass is 324 g/mol. The van der Waals surface area contributed by atoms with Gasteiger partial charge in [-0.3, -0.25) is 4.79 Å². The van der Waals surface area contributed by atoms with Gasteiger partial charge in [0.15, 0.2) is 0 Å². The number of rotatable bonds is 2. The zero-order valence-electron chi connectivity index (χ0n) is 9.58. The van der Waals surface area contributed by atoms with E-state index in [1.54, 1.807) is 24.4 Å². The first-order chi connectivity index (χ1) is 8.58. The molecule has 1 N–H and O–H groups in total. The summed E-state index contributed by atoms with van der Waals surface area (Å²) >= 11 is 9.23. The molecule has 0 saturated carbocycles. The number of carbonyl (C=O) groups is 1. The summed E-state index contributed by atoms with van der Waals surface area (Å²) in [6, 6.07) is 8.75. The lowest BCUT2D eigenvalue weighted by Crippen LogP contribution is -2.13. The fourth-order valence-corrected chi connectivity index (χ4v) is 1.86. The van der Waals surface area contributed by atoms with E-state index in [-0.39, 0.29) is 5.91 Å². The standard InChI is InChI=1S/C13H10BrClN2O/c1-8-3-2-6-16-12(8)17-13(18)9-4-5-10(14)11(15)7-9/h2-7H,1H3,(H,16,17,18). The van der Waals surface area contributed by atoms with Gasteiger partial charge in [0.2, 0.25) is 0 Å². The Bertz CT molecular complexity index is 601. The van der Waals surface area contributed by atoms with E-state index in [0.29, 0.717) is 16.4 Å². The van der Waals surface area contributed by atoms with Gasteiger partial charge >= 0.3 is 0 Å². The Morgan fingerprint density at radius 3 is 2.83 bits per heavy atom. The highest BCUT2D eigenvalue weighted by atomic mass is 79.9. The molecule has 1 aromatic heterocycles. The van der Waals surface area contributed by atoms with E-state index >= 15 is 0 Å². The highest BCUT2D eigenvalue weighted by molar-refractivity contribution is 9.10. The first-order valence-corrected chi connectivity index (χ1v) is 6.43. The fourth-order valence-electron chi connectivity index (χ4n) is 1.43. The van der Waals surface area contributed by atoms with Crippen molar-refractivity contribution < 1.29 is 4.79 Å². The van der Waals surface area contributed by atoms with Crippen molar-refractivity contribution in [1.29, 1.82) is 0 Å². The van der Waals surface area contributed by atoms with Crippen molar-refractivity contribution in [2.24, 2.45) is 0 Å². The van der Waals surface area contributed by atoms with Crippen LogP contribution in [0.1, 0.15) is 15.9 Å². The van der Waals surface area contributed by atoms with Gasteiger partial charge in [-0.1, -0.05) is 17.7 Å². The highest BCUT2D eigenvalue weighted by Crippen LogP contribution is 2.23. The number of pyridine rings is 1. The molecule has 0 saturated heterocycles. The summed E-state index contributed by atoms with van der Waals surface area (Å²) in [4.78, 5) is 16.1. The summed E-state index contributed by atoms with van der Waals surface area (Å²) in [6.45, 7) is 1.89. The minimum Gasteiger partial charge on any atom is -0.306 e. The van der Waals surface area contributed by atoms with Crippen molar-refractivity contribution >= 4 is 39.3 Å². The molecule has 18 heavy (non-hydrogen) atoms. The molecule has 92 valence electrons. The van der Waals surface area contributed by atoms with Gasteiger partial charge in [0, 0.05) is 16.2 Å². The van der Waals surface area contributed by atoms with Crippen molar-refractivity contribution in [2.45, 2.75) is 6.92 Å². The Balaban J connectivity index is 2.22. The molecule has 2 rings (SSSR count). The lowest BCUT2D eigenvalue weighted by Gasteiger charge is -2.07. The third-order valence-electron chi connectivity index (χ3n) is 2.42. The second kappa shape index (κ2) is 5.50. The fraction of sp³-hybridized carbons (Fsp3) is 0.0769. The van der Waals surface area contributed by atoms with Gasteiger partial charge in [-0.15, -0.1) is 0 Å². The van der Waals surface area contributed by atoms with Crippen molar-refractivity contribution in [3.63, 3.8) is 0 Å².